The first-order valence-electron chi connectivity index (χ1n) is 9.59. The lowest BCUT2D eigenvalue weighted by Gasteiger charge is -2.36. The number of benzene rings is 1. The summed E-state index contributed by atoms with van der Waals surface area (Å²) in [6, 6.07) is 8.67. The van der Waals surface area contributed by atoms with Crippen molar-refractivity contribution < 1.29 is 23.0 Å². The first kappa shape index (κ1) is 21.4. The smallest absolute Gasteiger partial charge is 0.269 e. The highest BCUT2D eigenvalue weighted by Crippen LogP contribution is 2.36. The molecule has 2 aliphatic heterocycles. The van der Waals surface area contributed by atoms with Crippen LogP contribution in [-0.4, -0.2) is 48.0 Å². The van der Waals surface area contributed by atoms with Crippen LogP contribution in [0.25, 0.3) is 0 Å². The highest BCUT2D eigenvalue weighted by Gasteiger charge is 2.45. The van der Waals surface area contributed by atoms with Crippen LogP contribution < -0.4 is 5.32 Å². The second kappa shape index (κ2) is 8.36. The Hall–Kier alpha value is -2.83. The quantitative estimate of drug-likeness (QED) is 0.515. The Kier molecular flexibility index (Phi) is 5.77. The summed E-state index contributed by atoms with van der Waals surface area (Å²) in [6.45, 7) is 0.835. The van der Waals surface area contributed by atoms with Gasteiger partial charge in [0, 0.05) is 49.4 Å². The lowest BCUT2D eigenvalue weighted by atomic mass is 9.87. The molecular weight excluding hydrogens is 444 g/mol. The van der Waals surface area contributed by atoms with Gasteiger partial charge in [0.1, 0.15) is 11.3 Å². The first-order valence-corrected chi connectivity index (χ1v) is 11.9. The predicted octanol–water partition coefficient (Wildman–Crippen LogP) is 2.27. The SMILES string of the molecule is O=C(NCc1cccs1)C1=NOC2(CCN(S(=O)(=O)c3ccc([N+](=O)[O-])cc3)CC2)C1. The lowest BCUT2D eigenvalue weighted by molar-refractivity contribution is -0.384. The van der Waals surface area contributed by atoms with Crippen molar-refractivity contribution in [2.24, 2.45) is 5.16 Å². The van der Waals surface area contributed by atoms with E-state index in [2.05, 4.69) is 10.5 Å². The molecule has 1 N–H and O–H groups in total. The number of nitrogens with zero attached hydrogens (tertiary/aromatic N) is 3. The zero-order chi connectivity index (χ0) is 22.1. The maximum absolute atomic E-state index is 12.9. The molecule has 1 aromatic heterocycles. The van der Waals surface area contributed by atoms with Gasteiger partial charge in [-0.3, -0.25) is 14.9 Å². The number of non-ortho nitro benzene ring substituents is 1. The first-order chi connectivity index (χ1) is 14.8. The standard InChI is InChI=1S/C19H20N4O6S2/c24-18(20-13-15-2-1-11-30-15)17-12-19(29-21-17)7-9-22(10-8-19)31(27,28)16-5-3-14(4-6-16)23(25)26/h1-6,11H,7-10,12-13H2,(H,20,24). The number of nitrogens with one attached hydrogen (secondary N) is 1. The molecule has 164 valence electrons. The van der Waals surface area contributed by atoms with E-state index in [1.807, 2.05) is 17.5 Å². The zero-order valence-corrected chi connectivity index (χ0v) is 18.0. The minimum absolute atomic E-state index is 0.00582. The van der Waals surface area contributed by atoms with Crippen LogP contribution >= 0.6 is 11.3 Å². The number of nitro benzene ring substituents is 1. The zero-order valence-electron chi connectivity index (χ0n) is 16.4. The van der Waals surface area contributed by atoms with Gasteiger partial charge >= 0.3 is 0 Å². The van der Waals surface area contributed by atoms with Crippen molar-refractivity contribution in [2.75, 3.05) is 13.1 Å². The topological polar surface area (TPSA) is 131 Å². The van der Waals surface area contributed by atoms with Gasteiger partial charge in [-0.25, -0.2) is 8.42 Å². The van der Waals surface area contributed by atoms with Gasteiger partial charge in [0.05, 0.1) is 16.4 Å². The highest BCUT2D eigenvalue weighted by atomic mass is 32.2. The van der Waals surface area contributed by atoms with Crippen molar-refractivity contribution >= 4 is 38.7 Å². The summed E-state index contributed by atoms with van der Waals surface area (Å²) in [5.74, 6) is -0.286. The number of piperidine rings is 1. The molecule has 3 heterocycles. The third kappa shape index (κ3) is 4.45. The molecule has 4 rings (SSSR count). The fourth-order valence-corrected chi connectivity index (χ4v) is 5.70. The number of amides is 1. The van der Waals surface area contributed by atoms with Crippen LogP contribution in [0, 0.1) is 10.1 Å². The number of hydrogen-bond acceptors (Lipinski definition) is 8. The molecule has 0 bridgehead atoms. The Morgan fingerprint density at radius 3 is 2.58 bits per heavy atom. The summed E-state index contributed by atoms with van der Waals surface area (Å²) >= 11 is 1.55. The second-order valence-corrected chi connectivity index (χ2v) is 10.4. The van der Waals surface area contributed by atoms with E-state index in [-0.39, 0.29) is 29.6 Å². The molecule has 0 radical (unpaired) electrons. The van der Waals surface area contributed by atoms with Crippen LogP contribution in [0.1, 0.15) is 24.1 Å². The average molecular weight is 465 g/mol. The number of sulfonamides is 1. The molecular formula is C19H20N4O6S2. The van der Waals surface area contributed by atoms with Crippen LogP contribution in [0.15, 0.2) is 51.8 Å². The maximum atomic E-state index is 12.9. The fourth-order valence-electron chi connectivity index (χ4n) is 3.62. The van der Waals surface area contributed by atoms with E-state index in [0.717, 1.165) is 4.88 Å². The van der Waals surface area contributed by atoms with Gasteiger partial charge < -0.3 is 10.2 Å². The number of nitro groups is 1. The number of carbonyl (C=O) groups excluding carboxylic acids is 1. The summed E-state index contributed by atoms with van der Waals surface area (Å²) < 4.78 is 27.1. The molecule has 1 spiro atoms. The Bertz CT molecular complexity index is 1100. The number of hydrogen-bond donors (Lipinski definition) is 1. The van der Waals surface area contributed by atoms with E-state index in [1.54, 1.807) is 11.3 Å². The van der Waals surface area contributed by atoms with Gasteiger partial charge in [0.2, 0.25) is 10.0 Å². The molecule has 2 aliphatic rings. The Labute approximate surface area is 182 Å². The van der Waals surface area contributed by atoms with E-state index < -0.39 is 20.5 Å². The molecule has 12 heteroatoms. The van der Waals surface area contributed by atoms with Crippen molar-refractivity contribution in [2.45, 2.75) is 36.3 Å². The minimum Gasteiger partial charge on any atom is -0.388 e. The van der Waals surface area contributed by atoms with Gasteiger partial charge in [-0.2, -0.15) is 4.31 Å². The molecule has 31 heavy (non-hydrogen) atoms. The van der Waals surface area contributed by atoms with Crippen LogP contribution in [0.4, 0.5) is 5.69 Å². The van der Waals surface area contributed by atoms with Crippen molar-refractivity contribution in [1.82, 2.24) is 9.62 Å². The minimum atomic E-state index is -3.77. The number of rotatable bonds is 6. The van der Waals surface area contributed by atoms with Crippen molar-refractivity contribution in [3.05, 3.63) is 56.8 Å². The van der Waals surface area contributed by atoms with E-state index in [9.17, 15) is 23.3 Å². The summed E-state index contributed by atoms with van der Waals surface area (Å²) in [6.07, 6.45) is 1.11. The number of thiophene rings is 1. The molecule has 0 unspecified atom stereocenters. The number of carbonyl (C=O) groups is 1. The average Bonchev–Trinajstić information content (AvgIpc) is 3.43. The second-order valence-electron chi connectivity index (χ2n) is 7.41. The van der Waals surface area contributed by atoms with Gasteiger partial charge in [-0.05, 0) is 23.6 Å². The van der Waals surface area contributed by atoms with E-state index >= 15 is 0 Å². The van der Waals surface area contributed by atoms with Gasteiger partial charge in [-0.15, -0.1) is 11.3 Å². The molecule has 10 nitrogen and oxygen atoms in total. The summed E-state index contributed by atoms with van der Waals surface area (Å²) in [5.41, 5.74) is -0.543. The van der Waals surface area contributed by atoms with E-state index in [4.69, 9.17) is 4.84 Å². The monoisotopic (exact) mass is 464 g/mol. The largest absolute Gasteiger partial charge is 0.388 e. The van der Waals surface area contributed by atoms with Crippen LogP contribution in [0.5, 0.6) is 0 Å². The number of oxime groups is 1. The lowest BCUT2D eigenvalue weighted by Crippen LogP contribution is -2.47. The highest BCUT2D eigenvalue weighted by molar-refractivity contribution is 7.89. The molecule has 1 amide bonds. The maximum Gasteiger partial charge on any atom is 0.269 e. The molecule has 1 fully saturated rings. The molecule has 1 aromatic carbocycles. The van der Waals surface area contributed by atoms with E-state index in [0.29, 0.717) is 31.5 Å². The summed E-state index contributed by atoms with van der Waals surface area (Å²) in [7, 11) is -3.77. The molecule has 0 aliphatic carbocycles. The van der Waals surface area contributed by atoms with Gasteiger partial charge in [-0.1, -0.05) is 11.2 Å². The Balaban J connectivity index is 1.34. The summed E-state index contributed by atoms with van der Waals surface area (Å²) in [5, 5.41) is 19.5. The predicted molar refractivity (Wildman–Crippen MR) is 113 cm³/mol. The molecule has 2 aromatic rings. The van der Waals surface area contributed by atoms with E-state index in [1.165, 1.54) is 28.6 Å². The Morgan fingerprint density at radius 2 is 1.97 bits per heavy atom. The van der Waals surface area contributed by atoms with Crippen molar-refractivity contribution in [3.8, 4) is 0 Å². The third-order valence-corrected chi connectivity index (χ3v) is 8.21. The van der Waals surface area contributed by atoms with Crippen LogP contribution in [-0.2, 0) is 26.2 Å². The fraction of sp³-hybridized carbons (Fsp3) is 0.368. The normalized spacial score (nSPS) is 18.4. The van der Waals surface area contributed by atoms with Gasteiger partial charge in [0.15, 0.2) is 0 Å². The van der Waals surface area contributed by atoms with Crippen LogP contribution in [0.3, 0.4) is 0 Å². The van der Waals surface area contributed by atoms with Gasteiger partial charge in [0.25, 0.3) is 11.6 Å². The van der Waals surface area contributed by atoms with Crippen molar-refractivity contribution in [1.29, 1.82) is 0 Å². The summed E-state index contributed by atoms with van der Waals surface area (Å²) in [4.78, 5) is 29.2. The van der Waals surface area contributed by atoms with Crippen LogP contribution in [0.2, 0.25) is 0 Å². The molecule has 1 saturated heterocycles. The molecule has 0 atom stereocenters. The third-order valence-electron chi connectivity index (χ3n) is 5.42. The van der Waals surface area contributed by atoms with Crippen molar-refractivity contribution in [3.63, 3.8) is 0 Å². The Morgan fingerprint density at radius 1 is 1.26 bits per heavy atom. The molecule has 0 saturated carbocycles.